The van der Waals surface area contributed by atoms with Crippen LogP contribution >= 0.6 is 0 Å². The Kier molecular flexibility index (Phi) is 5.61. The summed E-state index contributed by atoms with van der Waals surface area (Å²) in [4.78, 5) is 24.3. The van der Waals surface area contributed by atoms with E-state index in [-0.39, 0.29) is 30.9 Å². The number of hydrogen-bond acceptors (Lipinski definition) is 6. The summed E-state index contributed by atoms with van der Waals surface area (Å²) >= 11 is 0. The van der Waals surface area contributed by atoms with Crippen molar-refractivity contribution in [2.24, 2.45) is 0 Å². The van der Waals surface area contributed by atoms with Crippen molar-refractivity contribution in [3.05, 3.63) is 69.0 Å². The van der Waals surface area contributed by atoms with Crippen LogP contribution in [0.3, 0.4) is 0 Å². The first kappa shape index (κ1) is 22.1. The van der Waals surface area contributed by atoms with Crippen molar-refractivity contribution in [2.75, 3.05) is 18.0 Å². The fourth-order valence-electron chi connectivity index (χ4n) is 4.33. The molecule has 10 nitrogen and oxygen atoms in total. The Labute approximate surface area is 183 Å². The molecule has 0 aromatic heterocycles. The van der Waals surface area contributed by atoms with E-state index in [1.165, 1.54) is 4.90 Å². The summed E-state index contributed by atoms with van der Waals surface area (Å²) in [7, 11) is -3.89. The van der Waals surface area contributed by atoms with Gasteiger partial charge in [0.15, 0.2) is 0 Å². The lowest BCUT2D eigenvalue weighted by Crippen LogP contribution is -2.47. The molecule has 0 bridgehead atoms. The third kappa shape index (κ3) is 3.70. The minimum atomic E-state index is -3.89. The largest absolute Gasteiger partial charge is 0.480 e. The molecule has 12 heteroatoms. The number of nitrogens with zero attached hydrogens (tertiary/aromatic N) is 3. The number of carboxylic acid groups (broad SMARTS) is 1. The maximum absolute atomic E-state index is 14.5. The molecular formula is C20H21FN4O6S. The Morgan fingerprint density at radius 2 is 2.06 bits per heavy atom. The van der Waals surface area contributed by atoms with Gasteiger partial charge in [-0.3, -0.25) is 10.1 Å². The number of hydrogen-bond donors (Lipinski definition) is 2. The highest BCUT2D eigenvalue weighted by molar-refractivity contribution is 7.87. The number of nitrogens with one attached hydrogen (secondary N) is 1. The molecule has 0 aliphatic carbocycles. The van der Waals surface area contributed by atoms with Gasteiger partial charge in [-0.2, -0.15) is 12.7 Å². The molecule has 0 radical (unpaired) electrons. The SMILES string of the molecule is CCc1ccc2c(c1)C(N1CCNS1(=O)=O)C(C(=O)O)N2Cc1cc([N+](=O)[O-])ccc1F. The molecule has 0 spiro atoms. The van der Waals surface area contributed by atoms with Gasteiger partial charge < -0.3 is 10.0 Å². The highest BCUT2D eigenvalue weighted by Crippen LogP contribution is 2.46. The summed E-state index contributed by atoms with van der Waals surface area (Å²) in [5.74, 6) is -2.00. The van der Waals surface area contributed by atoms with Gasteiger partial charge in [-0.25, -0.2) is 13.9 Å². The van der Waals surface area contributed by atoms with Gasteiger partial charge in [-0.15, -0.1) is 0 Å². The van der Waals surface area contributed by atoms with E-state index in [2.05, 4.69) is 4.72 Å². The number of carboxylic acids is 1. The van der Waals surface area contributed by atoms with Crippen LogP contribution in [-0.4, -0.2) is 47.9 Å². The number of nitro benzene ring substituents is 1. The van der Waals surface area contributed by atoms with Crippen LogP contribution in [0.25, 0.3) is 0 Å². The second-order valence-electron chi connectivity index (χ2n) is 7.65. The van der Waals surface area contributed by atoms with Crippen LogP contribution in [0.5, 0.6) is 0 Å². The van der Waals surface area contributed by atoms with Gasteiger partial charge in [-0.1, -0.05) is 19.1 Å². The predicted octanol–water partition coefficient (Wildman–Crippen LogP) is 1.96. The molecule has 32 heavy (non-hydrogen) atoms. The number of halogens is 1. The van der Waals surface area contributed by atoms with Crippen molar-refractivity contribution in [2.45, 2.75) is 32.0 Å². The summed E-state index contributed by atoms with van der Waals surface area (Å²) < 4.78 is 43.2. The number of carbonyl (C=O) groups is 1. The first-order valence-corrected chi connectivity index (χ1v) is 11.4. The van der Waals surface area contributed by atoms with Crippen molar-refractivity contribution in [3.63, 3.8) is 0 Å². The van der Waals surface area contributed by atoms with Gasteiger partial charge in [0.05, 0.1) is 11.0 Å². The molecule has 2 aromatic carbocycles. The number of aryl methyl sites for hydroxylation is 1. The van der Waals surface area contributed by atoms with E-state index in [0.717, 1.165) is 28.1 Å². The Morgan fingerprint density at radius 1 is 1.31 bits per heavy atom. The predicted molar refractivity (Wildman–Crippen MR) is 113 cm³/mol. The standard InChI is InChI=1S/C20H21FN4O6S/c1-2-12-3-6-17-15(9-12)18(24-8-7-22-32(24,30)31)19(20(26)27)23(17)11-13-10-14(25(28)29)4-5-16(13)21/h3-6,9-10,18-19,22H,2,7-8,11H2,1H3,(H,26,27). The average Bonchev–Trinajstić information content (AvgIpc) is 3.24. The molecule has 1 fully saturated rings. The topological polar surface area (TPSA) is 133 Å². The summed E-state index contributed by atoms with van der Waals surface area (Å²) in [5, 5.41) is 21.2. The van der Waals surface area contributed by atoms with Crippen molar-refractivity contribution < 1.29 is 27.6 Å². The second-order valence-corrected chi connectivity index (χ2v) is 9.35. The van der Waals surface area contributed by atoms with Gasteiger partial charge in [0.25, 0.3) is 15.9 Å². The lowest BCUT2D eigenvalue weighted by Gasteiger charge is -2.30. The molecule has 4 rings (SSSR count). The van der Waals surface area contributed by atoms with E-state index in [1.807, 2.05) is 6.92 Å². The number of anilines is 1. The summed E-state index contributed by atoms with van der Waals surface area (Å²) in [5.41, 5.74) is 1.48. The zero-order valence-electron chi connectivity index (χ0n) is 17.1. The van der Waals surface area contributed by atoms with E-state index >= 15 is 0 Å². The van der Waals surface area contributed by atoms with Crippen molar-refractivity contribution in [1.29, 1.82) is 0 Å². The molecular weight excluding hydrogens is 443 g/mol. The first-order chi connectivity index (χ1) is 15.1. The molecule has 170 valence electrons. The average molecular weight is 464 g/mol. The van der Waals surface area contributed by atoms with E-state index in [0.29, 0.717) is 17.7 Å². The second kappa shape index (κ2) is 8.11. The molecule has 2 unspecified atom stereocenters. The molecule has 2 aromatic rings. The van der Waals surface area contributed by atoms with E-state index in [9.17, 15) is 32.8 Å². The maximum Gasteiger partial charge on any atom is 0.328 e. The first-order valence-electron chi connectivity index (χ1n) is 9.95. The van der Waals surface area contributed by atoms with E-state index < -0.39 is 39.0 Å². The van der Waals surface area contributed by atoms with Crippen molar-refractivity contribution >= 4 is 27.6 Å². The summed E-state index contributed by atoms with van der Waals surface area (Å²) in [6.45, 7) is 1.88. The number of non-ortho nitro benzene ring substituents is 1. The van der Waals surface area contributed by atoms with Gasteiger partial charge >= 0.3 is 5.97 Å². The van der Waals surface area contributed by atoms with Gasteiger partial charge in [-0.05, 0) is 29.7 Å². The minimum absolute atomic E-state index is 0.0565. The van der Waals surface area contributed by atoms with Crippen molar-refractivity contribution in [1.82, 2.24) is 9.03 Å². The van der Waals surface area contributed by atoms with Crippen LogP contribution in [0.15, 0.2) is 36.4 Å². The van der Waals surface area contributed by atoms with E-state index in [1.54, 1.807) is 18.2 Å². The quantitative estimate of drug-likeness (QED) is 0.493. The molecule has 0 amide bonds. The highest BCUT2D eigenvalue weighted by Gasteiger charge is 2.50. The maximum atomic E-state index is 14.5. The van der Waals surface area contributed by atoms with Crippen LogP contribution in [-0.2, 0) is 28.0 Å². The zero-order chi connectivity index (χ0) is 23.2. The monoisotopic (exact) mass is 464 g/mol. The van der Waals surface area contributed by atoms with Gasteiger partial charge in [0, 0.05) is 43.0 Å². The summed E-state index contributed by atoms with van der Waals surface area (Å²) in [6.07, 6.45) is 0.655. The molecule has 1 saturated heterocycles. The van der Waals surface area contributed by atoms with E-state index in [4.69, 9.17) is 0 Å². The normalized spacial score (nSPS) is 22.1. The van der Waals surface area contributed by atoms with Crippen LogP contribution < -0.4 is 9.62 Å². The number of nitro groups is 1. The smallest absolute Gasteiger partial charge is 0.328 e. The van der Waals surface area contributed by atoms with Gasteiger partial charge in [0.2, 0.25) is 0 Å². The lowest BCUT2D eigenvalue weighted by molar-refractivity contribution is -0.385. The molecule has 2 aliphatic heterocycles. The van der Waals surface area contributed by atoms with Crippen molar-refractivity contribution in [3.8, 4) is 0 Å². The lowest BCUT2D eigenvalue weighted by atomic mass is 10.00. The third-order valence-electron chi connectivity index (χ3n) is 5.83. The molecule has 2 N–H and O–H groups in total. The molecule has 0 saturated carbocycles. The number of rotatable bonds is 6. The molecule has 2 heterocycles. The van der Waals surface area contributed by atoms with Crippen LogP contribution in [0.1, 0.15) is 29.7 Å². The minimum Gasteiger partial charge on any atom is -0.480 e. The zero-order valence-corrected chi connectivity index (χ0v) is 17.9. The number of benzene rings is 2. The Bertz CT molecular complexity index is 1200. The molecule has 2 atom stereocenters. The van der Waals surface area contributed by atoms with Crippen LogP contribution in [0, 0.1) is 15.9 Å². The summed E-state index contributed by atoms with van der Waals surface area (Å²) in [6, 6.07) is 5.95. The number of aliphatic carboxylic acids is 1. The van der Waals surface area contributed by atoms with Crippen LogP contribution in [0.2, 0.25) is 0 Å². The fourth-order valence-corrected chi connectivity index (χ4v) is 5.71. The number of fused-ring (bicyclic) bond motifs is 1. The van der Waals surface area contributed by atoms with Crippen LogP contribution in [0.4, 0.5) is 15.8 Å². The highest BCUT2D eigenvalue weighted by atomic mass is 32.2. The Hall–Kier alpha value is -3.09. The third-order valence-corrected chi connectivity index (χ3v) is 7.43. The Morgan fingerprint density at radius 3 is 2.66 bits per heavy atom. The van der Waals surface area contributed by atoms with Gasteiger partial charge in [0.1, 0.15) is 11.9 Å². The fraction of sp³-hybridized carbons (Fsp3) is 0.350. The molecule has 2 aliphatic rings. The Balaban J connectivity index is 1.85.